The molecule has 0 radical (unpaired) electrons. The average Bonchev–Trinajstić information content (AvgIpc) is 3.33. The molecule has 1 fully saturated rings. The minimum atomic E-state index is -3.98. The van der Waals surface area contributed by atoms with E-state index in [4.69, 9.17) is 16.4 Å². The van der Waals surface area contributed by atoms with E-state index in [2.05, 4.69) is 22.7 Å². The van der Waals surface area contributed by atoms with E-state index in [1.165, 1.54) is 26.6 Å². The predicted octanol–water partition coefficient (Wildman–Crippen LogP) is 3.35. The lowest BCUT2D eigenvalue weighted by atomic mass is 10.1. The van der Waals surface area contributed by atoms with Crippen molar-refractivity contribution >= 4 is 55.5 Å². The molecule has 214 valence electrons. The number of fused-ring (bicyclic) bond motifs is 2. The van der Waals surface area contributed by atoms with Gasteiger partial charge in [-0.15, -0.1) is 11.3 Å². The number of nitrogens with zero attached hydrogens (tertiary/aromatic N) is 3. The molecule has 2 aliphatic rings. The molecule has 1 aromatic heterocycles. The normalized spacial score (nSPS) is 20.4. The zero-order valence-corrected chi connectivity index (χ0v) is 25.1. The Morgan fingerprint density at radius 2 is 1.88 bits per heavy atom. The van der Waals surface area contributed by atoms with Gasteiger partial charge in [0.05, 0.1) is 16.2 Å². The van der Waals surface area contributed by atoms with Crippen LogP contribution in [0.15, 0.2) is 41.3 Å². The Balaban J connectivity index is 1.42. The Morgan fingerprint density at radius 1 is 1.15 bits per heavy atom. The van der Waals surface area contributed by atoms with Gasteiger partial charge in [0.15, 0.2) is 5.01 Å². The lowest BCUT2D eigenvalue weighted by Crippen LogP contribution is -2.61. The second kappa shape index (κ2) is 11.0. The number of hydrogen-bond acceptors (Lipinski definition) is 8. The number of carbonyl (C=O) groups is 2. The van der Waals surface area contributed by atoms with Gasteiger partial charge in [-0.1, -0.05) is 23.7 Å². The Labute approximate surface area is 242 Å². The maximum atomic E-state index is 13.7. The molecule has 0 bridgehead atoms. The fourth-order valence-corrected chi connectivity index (χ4v) is 7.39. The van der Waals surface area contributed by atoms with Crippen LogP contribution in [0.4, 0.5) is 0 Å². The van der Waals surface area contributed by atoms with E-state index in [1.807, 2.05) is 0 Å². The minimum Gasteiger partial charge on any atom is -0.322 e. The predicted molar refractivity (Wildman–Crippen MR) is 154 cm³/mol. The molecule has 2 aromatic carbocycles. The number of sulfonamides is 1. The van der Waals surface area contributed by atoms with E-state index in [9.17, 15) is 18.0 Å². The minimum absolute atomic E-state index is 0.0216. The Hall–Kier alpha value is -2.61. The molecule has 3 heterocycles. The van der Waals surface area contributed by atoms with Gasteiger partial charge < -0.3 is 10.2 Å². The summed E-state index contributed by atoms with van der Waals surface area (Å²) in [5, 5.41) is 5.75. The van der Waals surface area contributed by atoms with Gasteiger partial charge >= 0.3 is 0 Å². The van der Waals surface area contributed by atoms with E-state index in [0.29, 0.717) is 23.0 Å². The third-order valence-electron chi connectivity index (χ3n) is 6.85. The van der Waals surface area contributed by atoms with Crippen molar-refractivity contribution in [2.45, 2.75) is 63.2 Å². The molecule has 10 nitrogen and oxygen atoms in total. The lowest BCUT2D eigenvalue weighted by Gasteiger charge is -2.39. The highest BCUT2D eigenvalue weighted by atomic mass is 35.5. The number of thiazole rings is 1. The summed E-state index contributed by atoms with van der Waals surface area (Å²) in [6.45, 7) is 7.84. The van der Waals surface area contributed by atoms with Crippen molar-refractivity contribution in [3.8, 4) is 0 Å². The van der Waals surface area contributed by atoms with Crippen LogP contribution in [0, 0.1) is 0 Å². The summed E-state index contributed by atoms with van der Waals surface area (Å²) in [6.07, 6.45) is 0.715. The largest absolute Gasteiger partial charge is 0.322 e. The number of aromatic nitrogens is 1. The Bertz CT molecular complexity index is 1570. The highest BCUT2D eigenvalue weighted by Crippen LogP contribution is 2.29. The molecular weight excluding hydrogens is 574 g/mol. The van der Waals surface area contributed by atoms with Gasteiger partial charge in [0.25, 0.3) is 11.8 Å². The fourth-order valence-electron chi connectivity index (χ4n) is 4.74. The first kappa shape index (κ1) is 28.9. The molecule has 0 aliphatic carbocycles. The van der Waals surface area contributed by atoms with Crippen LogP contribution in [0.3, 0.4) is 0 Å². The molecule has 13 heteroatoms. The Kier molecular flexibility index (Phi) is 7.94. The van der Waals surface area contributed by atoms with Crippen molar-refractivity contribution in [1.82, 2.24) is 25.0 Å². The van der Waals surface area contributed by atoms with Crippen molar-refractivity contribution in [3.05, 3.63) is 57.0 Å². The maximum absolute atomic E-state index is 13.7. The fraction of sp³-hybridized carbons (Fsp3) is 0.444. The quantitative estimate of drug-likeness (QED) is 0.428. The molecular formula is C27H32ClN5O5S2. The van der Waals surface area contributed by atoms with Crippen molar-refractivity contribution in [3.63, 3.8) is 0 Å². The SMILES string of the molecule is CC1Cc2nc(C(=O)N3CCN(S(=O)(=O)c4ccc5cc(Cl)ccc5c4)CC3C(=O)NOC(C)(C)C)sc2CN1. The van der Waals surface area contributed by atoms with Crippen LogP contribution in [0.1, 0.15) is 48.1 Å². The third kappa shape index (κ3) is 6.02. The highest BCUT2D eigenvalue weighted by molar-refractivity contribution is 7.89. The van der Waals surface area contributed by atoms with Gasteiger partial charge in [-0.2, -0.15) is 4.31 Å². The van der Waals surface area contributed by atoms with Crippen molar-refractivity contribution in [2.24, 2.45) is 0 Å². The molecule has 3 aromatic rings. The van der Waals surface area contributed by atoms with E-state index in [1.54, 1.807) is 51.1 Å². The third-order valence-corrected chi connectivity index (χ3v) is 10.0. The standard InChI is InChI=1S/C27H32ClN5O5S2/c1-16-11-21-23(14-29-16)39-25(30-21)26(35)33-10-9-32(15-22(33)24(34)31-38-27(2,3)4)40(36,37)20-8-6-17-12-19(28)7-5-18(17)13-20/h5-8,12-13,16,22,29H,9-11,14-15H2,1-4H3,(H,31,34). The first-order valence-corrected chi connectivity index (χ1v) is 15.7. The van der Waals surface area contributed by atoms with Crippen LogP contribution in [0.2, 0.25) is 5.02 Å². The monoisotopic (exact) mass is 605 g/mol. The second-order valence-electron chi connectivity index (χ2n) is 11.1. The van der Waals surface area contributed by atoms with E-state index in [-0.39, 0.29) is 30.6 Å². The van der Waals surface area contributed by atoms with Crippen LogP contribution in [0.25, 0.3) is 10.8 Å². The van der Waals surface area contributed by atoms with Crippen LogP contribution in [0.5, 0.6) is 0 Å². The van der Waals surface area contributed by atoms with Gasteiger partial charge in [-0.25, -0.2) is 18.9 Å². The van der Waals surface area contributed by atoms with Gasteiger partial charge in [0.1, 0.15) is 6.04 Å². The van der Waals surface area contributed by atoms with Crippen molar-refractivity contribution < 1.29 is 22.8 Å². The van der Waals surface area contributed by atoms with E-state index in [0.717, 1.165) is 21.3 Å². The molecule has 2 amide bonds. The number of benzene rings is 2. The van der Waals surface area contributed by atoms with Crippen LogP contribution in [-0.2, 0) is 32.6 Å². The molecule has 0 saturated carbocycles. The number of hydroxylamine groups is 1. The Morgan fingerprint density at radius 3 is 2.62 bits per heavy atom. The van der Waals surface area contributed by atoms with Gasteiger partial charge in [0, 0.05) is 48.5 Å². The number of nitrogens with one attached hydrogen (secondary N) is 2. The summed E-state index contributed by atoms with van der Waals surface area (Å²) >= 11 is 7.38. The molecule has 2 atom stereocenters. The lowest BCUT2D eigenvalue weighted by molar-refractivity contribution is -0.151. The molecule has 2 N–H and O–H groups in total. The summed E-state index contributed by atoms with van der Waals surface area (Å²) in [5.74, 6) is -1.00. The van der Waals surface area contributed by atoms with Crippen molar-refractivity contribution in [2.75, 3.05) is 19.6 Å². The summed E-state index contributed by atoms with van der Waals surface area (Å²) in [6, 6.07) is 9.19. The summed E-state index contributed by atoms with van der Waals surface area (Å²) in [7, 11) is -3.98. The molecule has 1 saturated heterocycles. The van der Waals surface area contributed by atoms with Gasteiger partial charge in [0.2, 0.25) is 10.0 Å². The molecule has 2 aliphatic heterocycles. The first-order chi connectivity index (χ1) is 18.8. The van der Waals surface area contributed by atoms with Crippen molar-refractivity contribution in [1.29, 1.82) is 0 Å². The molecule has 40 heavy (non-hydrogen) atoms. The summed E-state index contributed by atoms with van der Waals surface area (Å²) in [5.41, 5.74) is 2.63. The summed E-state index contributed by atoms with van der Waals surface area (Å²) < 4.78 is 28.7. The molecule has 2 unspecified atom stereocenters. The van der Waals surface area contributed by atoms with Crippen LogP contribution < -0.4 is 10.8 Å². The van der Waals surface area contributed by atoms with Gasteiger partial charge in [-0.3, -0.25) is 14.4 Å². The van der Waals surface area contributed by atoms with Crippen LogP contribution >= 0.6 is 22.9 Å². The topological polar surface area (TPSA) is 121 Å². The smallest absolute Gasteiger partial charge is 0.283 e. The number of hydrogen-bond donors (Lipinski definition) is 2. The van der Waals surface area contributed by atoms with E-state index < -0.39 is 33.5 Å². The first-order valence-electron chi connectivity index (χ1n) is 13.0. The van der Waals surface area contributed by atoms with Gasteiger partial charge in [-0.05, 0) is 62.7 Å². The highest BCUT2D eigenvalue weighted by Gasteiger charge is 2.41. The number of rotatable bonds is 5. The number of piperazine rings is 1. The average molecular weight is 606 g/mol. The van der Waals surface area contributed by atoms with E-state index >= 15 is 0 Å². The number of halogens is 1. The molecule has 0 spiro atoms. The van der Waals surface area contributed by atoms with Crippen LogP contribution in [-0.4, -0.2) is 71.7 Å². The molecule has 5 rings (SSSR count). The number of carbonyl (C=O) groups excluding carboxylic acids is 2. The zero-order chi connectivity index (χ0) is 28.8. The summed E-state index contributed by atoms with van der Waals surface area (Å²) in [4.78, 5) is 39.6. The zero-order valence-electron chi connectivity index (χ0n) is 22.7. The number of amides is 2. The second-order valence-corrected chi connectivity index (χ2v) is 14.5. The maximum Gasteiger partial charge on any atom is 0.283 e.